The summed E-state index contributed by atoms with van der Waals surface area (Å²) in [6, 6.07) is 4.91. The highest BCUT2D eigenvalue weighted by Crippen LogP contribution is 2.32. The van der Waals surface area contributed by atoms with Crippen LogP contribution in [0.5, 0.6) is 0 Å². The maximum absolute atomic E-state index is 12.2. The maximum Gasteiger partial charge on any atom is 0.307 e. The lowest BCUT2D eigenvalue weighted by atomic mass is 9.82. The molecule has 0 saturated carbocycles. The van der Waals surface area contributed by atoms with Crippen LogP contribution >= 0.6 is 23.2 Å². The van der Waals surface area contributed by atoms with Crippen LogP contribution in [0.2, 0.25) is 10.0 Å². The molecule has 106 valence electrons. The Labute approximate surface area is 126 Å². The van der Waals surface area contributed by atoms with E-state index in [-0.39, 0.29) is 10.9 Å². The monoisotopic (exact) mass is 313 g/mol. The van der Waals surface area contributed by atoms with Gasteiger partial charge in [-0.15, -0.1) is 0 Å². The van der Waals surface area contributed by atoms with E-state index in [0.29, 0.717) is 23.6 Å². The van der Waals surface area contributed by atoms with Crippen molar-refractivity contribution >= 4 is 40.8 Å². The van der Waals surface area contributed by atoms with Crippen LogP contribution in [0.1, 0.15) is 12.8 Å². The number of halogens is 2. The summed E-state index contributed by atoms with van der Waals surface area (Å²) in [5.74, 6) is -2.64. The van der Waals surface area contributed by atoms with E-state index < -0.39 is 17.8 Å². The van der Waals surface area contributed by atoms with E-state index in [4.69, 9.17) is 28.3 Å². The van der Waals surface area contributed by atoms with Crippen molar-refractivity contribution in [3.63, 3.8) is 0 Å². The number of carbonyl (C=O) groups is 2. The van der Waals surface area contributed by atoms with Crippen molar-refractivity contribution in [3.05, 3.63) is 40.4 Å². The molecule has 4 nitrogen and oxygen atoms in total. The lowest BCUT2D eigenvalue weighted by molar-refractivity contribution is -0.146. The zero-order valence-electron chi connectivity index (χ0n) is 10.5. The van der Waals surface area contributed by atoms with Crippen LogP contribution in [0.3, 0.4) is 0 Å². The van der Waals surface area contributed by atoms with Crippen LogP contribution in [0.25, 0.3) is 0 Å². The van der Waals surface area contributed by atoms with Gasteiger partial charge in [-0.25, -0.2) is 0 Å². The van der Waals surface area contributed by atoms with Crippen LogP contribution in [-0.2, 0) is 9.59 Å². The molecule has 0 unspecified atom stereocenters. The topological polar surface area (TPSA) is 66.4 Å². The maximum atomic E-state index is 12.2. The molecule has 2 atom stereocenters. The van der Waals surface area contributed by atoms with E-state index in [1.807, 2.05) is 6.08 Å². The third-order valence-electron chi connectivity index (χ3n) is 3.30. The smallest absolute Gasteiger partial charge is 0.307 e. The molecule has 0 aromatic heterocycles. The van der Waals surface area contributed by atoms with Gasteiger partial charge in [0.25, 0.3) is 0 Å². The zero-order chi connectivity index (χ0) is 14.7. The molecular weight excluding hydrogens is 301 g/mol. The van der Waals surface area contributed by atoms with Crippen LogP contribution < -0.4 is 5.32 Å². The molecule has 1 aliphatic carbocycles. The largest absolute Gasteiger partial charge is 0.481 e. The van der Waals surface area contributed by atoms with Crippen molar-refractivity contribution in [3.8, 4) is 0 Å². The van der Waals surface area contributed by atoms with Gasteiger partial charge < -0.3 is 10.4 Å². The highest BCUT2D eigenvalue weighted by atomic mass is 35.5. The van der Waals surface area contributed by atoms with Crippen LogP contribution in [0.15, 0.2) is 30.4 Å². The van der Waals surface area contributed by atoms with E-state index in [2.05, 4.69) is 5.32 Å². The van der Waals surface area contributed by atoms with E-state index in [1.54, 1.807) is 24.3 Å². The van der Waals surface area contributed by atoms with Crippen molar-refractivity contribution in [1.82, 2.24) is 0 Å². The Morgan fingerprint density at radius 1 is 1.15 bits per heavy atom. The Morgan fingerprint density at radius 3 is 2.45 bits per heavy atom. The third-order valence-corrected chi connectivity index (χ3v) is 4.11. The molecule has 20 heavy (non-hydrogen) atoms. The summed E-state index contributed by atoms with van der Waals surface area (Å²) in [4.78, 5) is 23.4. The minimum absolute atomic E-state index is 0.251. The van der Waals surface area contributed by atoms with Gasteiger partial charge in [0.05, 0.1) is 27.6 Å². The van der Waals surface area contributed by atoms with Crippen molar-refractivity contribution in [2.24, 2.45) is 11.8 Å². The van der Waals surface area contributed by atoms with Gasteiger partial charge in [0, 0.05) is 0 Å². The summed E-state index contributed by atoms with van der Waals surface area (Å²) < 4.78 is 0. The first-order chi connectivity index (χ1) is 9.50. The normalized spacial score (nSPS) is 21.5. The molecule has 2 N–H and O–H groups in total. The van der Waals surface area contributed by atoms with E-state index >= 15 is 0 Å². The molecule has 0 aliphatic heterocycles. The number of nitrogens with one attached hydrogen (secondary N) is 1. The van der Waals surface area contributed by atoms with E-state index in [9.17, 15) is 9.59 Å². The number of carboxylic acid groups (broad SMARTS) is 1. The standard InChI is InChI=1S/C14H13Cl2NO3/c15-10-6-3-7-11(12(10)16)17-13(18)8-4-1-2-5-9(8)14(19)20/h1-3,6-9H,4-5H2,(H,17,18)(H,19,20)/t8-,9+/m1/s1. The van der Waals surface area contributed by atoms with Gasteiger partial charge >= 0.3 is 5.97 Å². The summed E-state index contributed by atoms with van der Waals surface area (Å²) in [6.07, 6.45) is 4.37. The van der Waals surface area contributed by atoms with Gasteiger partial charge in [-0.2, -0.15) is 0 Å². The molecule has 1 aromatic carbocycles. The number of allylic oxidation sites excluding steroid dienone is 2. The SMILES string of the molecule is O=C(O)[C@H]1CC=CC[C@H]1C(=O)Nc1cccc(Cl)c1Cl. The van der Waals surface area contributed by atoms with Crippen LogP contribution in [-0.4, -0.2) is 17.0 Å². The molecule has 2 rings (SSSR count). The highest BCUT2D eigenvalue weighted by Gasteiger charge is 2.34. The number of hydrogen-bond donors (Lipinski definition) is 2. The van der Waals surface area contributed by atoms with Gasteiger partial charge in [0.15, 0.2) is 0 Å². The van der Waals surface area contributed by atoms with Crippen molar-refractivity contribution in [2.75, 3.05) is 5.32 Å². The Morgan fingerprint density at radius 2 is 1.80 bits per heavy atom. The van der Waals surface area contributed by atoms with E-state index in [0.717, 1.165) is 0 Å². The fraction of sp³-hybridized carbons (Fsp3) is 0.286. The van der Waals surface area contributed by atoms with Crippen molar-refractivity contribution in [1.29, 1.82) is 0 Å². The Bertz CT molecular complexity index is 572. The van der Waals surface area contributed by atoms with Gasteiger partial charge in [-0.05, 0) is 25.0 Å². The molecule has 0 spiro atoms. The van der Waals surface area contributed by atoms with E-state index in [1.165, 1.54) is 0 Å². The average molecular weight is 314 g/mol. The van der Waals surface area contributed by atoms with Gasteiger partial charge in [-0.1, -0.05) is 41.4 Å². The average Bonchev–Trinajstić information content (AvgIpc) is 2.43. The molecule has 1 amide bonds. The number of rotatable bonds is 3. The molecule has 6 heteroatoms. The molecular formula is C14H13Cl2NO3. The molecule has 0 bridgehead atoms. The molecule has 1 aliphatic rings. The highest BCUT2D eigenvalue weighted by molar-refractivity contribution is 6.44. The lowest BCUT2D eigenvalue weighted by Crippen LogP contribution is -2.34. The molecule has 0 saturated heterocycles. The first-order valence-corrected chi connectivity index (χ1v) is 6.89. The number of hydrogen-bond acceptors (Lipinski definition) is 2. The lowest BCUT2D eigenvalue weighted by Gasteiger charge is -2.24. The second-order valence-electron chi connectivity index (χ2n) is 4.58. The van der Waals surface area contributed by atoms with Crippen LogP contribution in [0, 0.1) is 11.8 Å². The van der Waals surface area contributed by atoms with Crippen LogP contribution in [0.4, 0.5) is 5.69 Å². The quantitative estimate of drug-likeness (QED) is 0.838. The summed E-state index contributed by atoms with van der Waals surface area (Å²) in [6.45, 7) is 0. The molecule has 0 heterocycles. The number of carbonyl (C=O) groups excluding carboxylic acids is 1. The number of benzene rings is 1. The first-order valence-electron chi connectivity index (χ1n) is 6.13. The second-order valence-corrected chi connectivity index (χ2v) is 5.37. The predicted molar refractivity (Wildman–Crippen MR) is 78.1 cm³/mol. The van der Waals surface area contributed by atoms with Gasteiger partial charge in [0.1, 0.15) is 0 Å². The number of aliphatic carboxylic acids is 1. The Kier molecular flexibility index (Phi) is 4.68. The number of amides is 1. The second kappa shape index (κ2) is 6.29. The van der Waals surface area contributed by atoms with Crippen molar-refractivity contribution < 1.29 is 14.7 Å². The predicted octanol–water partition coefficient (Wildman–Crippen LogP) is 3.60. The molecule has 0 fully saturated rings. The fourth-order valence-corrected chi connectivity index (χ4v) is 2.55. The number of carboxylic acids is 1. The van der Waals surface area contributed by atoms with Crippen molar-refractivity contribution in [2.45, 2.75) is 12.8 Å². The molecule has 0 radical (unpaired) electrons. The Hall–Kier alpha value is -1.52. The summed E-state index contributed by atoms with van der Waals surface area (Å²) in [5, 5.41) is 12.4. The third kappa shape index (κ3) is 3.14. The molecule has 1 aromatic rings. The summed E-state index contributed by atoms with van der Waals surface area (Å²) in [5.41, 5.74) is 0.392. The minimum Gasteiger partial charge on any atom is -0.481 e. The summed E-state index contributed by atoms with van der Waals surface area (Å²) >= 11 is 11.9. The van der Waals surface area contributed by atoms with Gasteiger partial charge in [-0.3, -0.25) is 9.59 Å². The van der Waals surface area contributed by atoms with Gasteiger partial charge in [0.2, 0.25) is 5.91 Å². The fourth-order valence-electron chi connectivity index (χ4n) is 2.20. The summed E-state index contributed by atoms with van der Waals surface area (Å²) in [7, 11) is 0. The zero-order valence-corrected chi connectivity index (χ0v) is 12.0. The Balaban J connectivity index is 2.17. The minimum atomic E-state index is -0.966. The number of anilines is 1. The first kappa shape index (κ1) is 14.9.